The van der Waals surface area contributed by atoms with Gasteiger partial charge in [-0.25, -0.2) is 0 Å². The summed E-state index contributed by atoms with van der Waals surface area (Å²) >= 11 is 0. The molecule has 0 saturated carbocycles. The standard InChI is InChI=1S/C15H14N2O4/c1-10-8-14(17-21-10)16-15(19)12-5-6-13(20-2)11(9-12)4-3-7-18/h5-6,8-9,18H,7H2,1-2H3,(H,16,17,19). The maximum absolute atomic E-state index is 12.1. The van der Waals surface area contributed by atoms with Gasteiger partial charge in [-0.3, -0.25) is 4.79 Å². The monoisotopic (exact) mass is 286 g/mol. The first kappa shape index (κ1) is 14.6. The smallest absolute Gasteiger partial charge is 0.256 e. The van der Waals surface area contributed by atoms with Crippen LogP contribution in [0.3, 0.4) is 0 Å². The summed E-state index contributed by atoms with van der Waals surface area (Å²) in [7, 11) is 1.51. The molecule has 0 saturated heterocycles. The van der Waals surface area contributed by atoms with Crippen LogP contribution in [-0.2, 0) is 0 Å². The number of benzene rings is 1. The van der Waals surface area contributed by atoms with Crippen LogP contribution in [0.4, 0.5) is 5.82 Å². The SMILES string of the molecule is COc1ccc(C(=O)Nc2cc(C)on2)cc1C#CCO. The summed E-state index contributed by atoms with van der Waals surface area (Å²) < 4.78 is 10.0. The number of anilines is 1. The molecule has 0 unspecified atom stereocenters. The third-order valence-corrected chi connectivity index (χ3v) is 2.63. The van der Waals surface area contributed by atoms with Gasteiger partial charge in [0.05, 0.1) is 12.7 Å². The minimum atomic E-state index is -0.335. The number of nitrogens with one attached hydrogen (secondary N) is 1. The second-order valence-corrected chi connectivity index (χ2v) is 4.15. The maximum atomic E-state index is 12.1. The third kappa shape index (κ3) is 3.61. The predicted molar refractivity (Wildman–Crippen MR) is 76.2 cm³/mol. The fourth-order valence-corrected chi connectivity index (χ4v) is 1.70. The highest BCUT2D eigenvalue weighted by Gasteiger charge is 2.11. The molecule has 21 heavy (non-hydrogen) atoms. The molecule has 2 N–H and O–H groups in total. The van der Waals surface area contributed by atoms with E-state index in [4.69, 9.17) is 14.4 Å². The summed E-state index contributed by atoms with van der Waals surface area (Å²) in [5.74, 6) is 6.41. The van der Waals surface area contributed by atoms with Gasteiger partial charge < -0.3 is 19.7 Å². The first-order chi connectivity index (χ1) is 10.1. The first-order valence-corrected chi connectivity index (χ1v) is 6.16. The highest BCUT2D eigenvalue weighted by atomic mass is 16.5. The van der Waals surface area contributed by atoms with Gasteiger partial charge in [-0.05, 0) is 25.1 Å². The van der Waals surface area contributed by atoms with Gasteiger partial charge in [-0.15, -0.1) is 0 Å². The van der Waals surface area contributed by atoms with Crippen LogP contribution in [0, 0.1) is 18.8 Å². The molecule has 2 rings (SSSR count). The van der Waals surface area contributed by atoms with E-state index in [0.29, 0.717) is 28.5 Å². The van der Waals surface area contributed by atoms with Gasteiger partial charge in [0.25, 0.3) is 5.91 Å². The molecule has 6 nitrogen and oxygen atoms in total. The van der Waals surface area contributed by atoms with Crippen LogP contribution in [0.1, 0.15) is 21.7 Å². The fourth-order valence-electron chi connectivity index (χ4n) is 1.70. The number of carbonyl (C=O) groups excluding carboxylic acids is 1. The number of carbonyl (C=O) groups is 1. The van der Waals surface area contributed by atoms with Crippen LogP contribution in [0.15, 0.2) is 28.8 Å². The van der Waals surface area contributed by atoms with Crippen molar-refractivity contribution >= 4 is 11.7 Å². The van der Waals surface area contributed by atoms with Gasteiger partial charge in [-0.2, -0.15) is 0 Å². The number of hydrogen-bond donors (Lipinski definition) is 2. The number of nitrogens with zero attached hydrogens (tertiary/aromatic N) is 1. The number of rotatable bonds is 3. The van der Waals surface area contributed by atoms with Crippen molar-refractivity contribution in [2.75, 3.05) is 19.0 Å². The molecule has 0 radical (unpaired) electrons. The quantitative estimate of drug-likeness (QED) is 0.837. The Morgan fingerprint density at radius 2 is 2.29 bits per heavy atom. The summed E-state index contributed by atoms with van der Waals surface area (Å²) in [6.45, 7) is 1.47. The second-order valence-electron chi connectivity index (χ2n) is 4.15. The Morgan fingerprint density at radius 3 is 2.90 bits per heavy atom. The van der Waals surface area contributed by atoms with E-state index in [1.807, 2.05) is 0 Å². The Morgan fingerprint density at radius 1 is 1.48 bits per heavy atom. The molecule has 0 aliphatic heterocycles. The van der Waals surface area contributed by atoms with Gasteiger partial charge in [-0.1, -0.05) is 17.0 Å². The fraction of sp³-hybridized carbons (Fsp3) is 0.200. The van der Waals surface area contributed by atoms with Gasteiger partial charge in [0.2, 0.25) is 0 Å². The van der Waals surface area contributed by atoms with Crippen LogP contribution in [0.5, 0.6) is 5.75 Å². The normalized spacial score (nSPS) is 9.67. The van der Waals surface area contributed by atoms with Crippen LogP contribution in [0.25, 0.3) is 0 Å². The van der Waals surface area contributed by atoms with Crippen LogP contribution in [0.2, 0.25) is 0 Å². The number of aliphatic hydroxyl groups is 1. The molecule has 6 heteroatoms. The molecular weight excluding hydrogens is 272 g/mol. The Balaban J connectivity index is 2.24. The molecule has 0 bridgehead atoms. The van der Waals surface area contributed by atoms with E-state index in [2.05, 4.69) is 22.3 Å². The number of aliphatic hydroxyl groups excluding tert-OH is 1. The minimum absolute atomic E-state index is 0.266. The van der Waals surface area contributed by atoms with Crippen molar-refractivity contribution in [1.29, 1.82) is 0 Å². The van der Waals surface area contributed by atoms with Gasteiger partial charge in [0.15, 0.2) is 5.82 Å². The number of aryl methyl sites for hydroxylation is 1. The Labute approximate surface area is 121 Å². The lowest BCUT2D eigenvalue weighted by Gasteiger charge is -2.06. The lowest BCUT2D eigenvalue weighted by molar-refractivity contribution is 0.102. The van der Waals surface area contributed by atoms with Crippen molar-refractivity contribution in [3.05, 3.63) is 41.2 Å². The van der Waals surface area contributed by atoms with Gasteiger partial charge >= 0.3 is 0 Å². The number of amides is 1. The summed E-state index contributed by atoms with van der Waals surface area (Å²) in [5, 5.41) is 15.1. The molecule has 0 spiro atoms. The number of aromatic nitrogens is 1. The van der Waals surface area contributed by atoms with Crippen LogP contribution in [-0.4, -0.2) is 29.9 Å². The molecule has 0 atom stereocenters. The van der Waals surface area contributed by atoms with E-state index in [1.165, 1.54) is 7.11 Å². The first-order valence-electron chi connectivity index (χ1n) is 6.16. The number of hydrogen-bond acceptors (Lipinski definition) is 5. The van der Waals surface area contributed by atoms with Crippen molar-refractivity contribution in [2.45, 2.75) is 6.92 Å². The van der Waals surface area contributed by atoms with Crippen molar-refractivity contribution in [1.82, 2.24) is 5.16 Å². The highest BCUT2D eigenvalue weighted by Crippen LogP contribution is 2.19. The van der Waals surface area contributed by atoms with E-state index >= 15 is 0 Å². The molecule has 1 amide bonds. The Hall–Kier alpha value is -2.78. The summed E-state index contributed by atoms with van der Waals surface area (Å²) in [6, 6.07) is 6.47. The summed E-state index contributed by atoms with van der Waals surface area (Å²) in [5.41, 5.74) is 0.925. The van der Waals surface area contributed by atoms with Crippen molar-refractivity contribution in [3.8, 4) is 17.6 Å². The van der Waals surface area contributed by atoms with E-state index < -0.39 is 0 Å². The zero-order valence-electron chi connectivity index (χ0n) is 11.6. The topological polar surface area (TPSA) is 84.6 Å². The predicted octanol–water partition coefficient (Wildman–Crippen LogP) is 1.59. The molecule has 1 aromatic carbocycles. The Bertz CT molecular complexity index is 710. The Kier molecular flexibility index (Phi) is 4.59. The van der Waals surface area contributed by atoms with E-state index in [-0.39, 0.29) is 12.5 Å². The van der Waals surface area contributed by atoms with Gasteiger partial charge in [0.1, 0.15) is 18.1 Å². The number of methoxy groups -OCH3 is 1. The molecule has 1 heterocycles. The molecule has 2 aromatic rings. The lowest BCUT2D eigenvalue weighted by Crippen LogP contribution is -2.12. The second kappa shape index (κ2) is 6.59. The van der Waals surface area contributed by atoms with Crippen molar-refractivity contribution < 1.29 is 19.2 Å². The van der Waals surface area contributed by atoms with Crippen molar-refractivity contribution in [2.24, 2.45) is 0 Å². The molecule has 0 fully saturated rings. The largest absolute Gasteiger partial charge is 0.495 e. The zero-order valence-corrected chi connectivity index (χ0v) is 11.6. The molecule has 1 aromatic heterocycles. The summed E-state index contributed by atoms with van der Waals surface area (Å²) in [4.78, 5) is 12.1. The average Bonchev–Trinajstić information content (AvgIpc) is 2.89. The minimum Gasteiger partial charge on any atom is -0.495 e. The van der Waals surface area contributed by atoms with Crippen LogP contribution >= 0.6 is 0 Å². The average molecular weight is 286 g/mol. The van der Waals surface area contributed by atoms with Crippen molar-refractivity contribution in [3.63, 3.8) is 0 Å². The highest BCUT2D eigenvalue weighted by molar-refractivity contribution is 6.04. The zero-order chi connectivity index (χ0) is 15.2. The number of ether oxygens (including phenoxy) is 1. The summed E-state index contributed by atoms with van der Waals surface area (Å²) in [6.07, 6.45) is 0. The van der Waals surface area contributed by atoms with E-state index in [0.717, 1.165) is 0 Å². The molecule has 0 aliphatic rings. The lowest BCUT2D eigenvalue weighted by atomic mass is 10.1. The maximum Gasteiger partial charge on any atom is 0.256 e. The van der Waals surface area contributed by atoms with E-state index in [1.54, 1.807) is 31.2 Å². The third-order valence-electron chi connectivity index (χ3n) is 2.63. The van der Waals surface area contributed by atoms with Crippen LogP contribution < -0.4 is 10.1 Å². The molecule has 0 aliphatic carbocycles. The van der Waals surface area contributed by atoms with Gasteiger partial charge in [0, 0.05) is 11.6 Å². The molecular formula is C15H14N2O4. The molecule has 108 valence electrons. The van der Waals surface area contributed by atoms with E-state index in [9.17, 15) is 4.79 Å².